The average molecular weight is 208 g/mol. The van der Waals surface area contributed by atoms with Crippen molar-refractivity contribution in [2.45, 2.75) is 48.0 Å². The number of carbonyl (C=O) groups is 2. The van der Waals surface area contributed by atoms with Crippen LogP contribution < -0.4 is 0 Å². The number of ketones is 2. The van der Waals surface area contributed by atoms with Gasteiger partial charge in [0.05, 0.1) is 6.42 Å². The first kappa shape index (κ1) is 16.8. The Labute approximate surface area is 109 Å². The summed E-state index contributed by atoms with van der Waals surface area (Å²) < 4.78 is 0. The first-order valence-electron chi connectivity index (χ1n) is 4.62. The van der Waals surface area contributed by atoms with Crippen LogP contribution >= 0.6 is 0 Å². The fourth-order valence-electron chi connectivity index (χ4n) is 0.676. The van der Waals surface area contributed by atoms with E-state index in [-0.39, 0.29) is 47.5 Å². The van der Waals surface area contributed by atoms with Crippen molar-refractivity contribution < 1.29 is 9.59 Å². The molecule has 0 bridgehead atoms. The van der Waals surface area contributed by atoms with Crippen LogP contribution in [0.4, 0.5) is 0 Å². The molecule has 0 N–H and O–H groups in total. The van der Waals surface area contributed by atoms with Gasteiger partial charge in [-0.3, -0.25) is 9.59 Å². The molecule has 2 nitrogen and oxygen atoms in total. The van der Waals surface area contributed by atoms with E-state index in [1.807, 2.05) is 41.5 Å². The third kappa shape index (κ3) is 5.94. The zero-order valence-electron chi connectivity index (χ0n) is 9.52. The number of carbonyl (C=O) groups excluding carboxylic acids is 2. The molecule has 78 valence electrons. The average Bonchev–Trinajstić information content (AvgIpc) is 1.82. The van der Waals surface area contributed by atoms with Crippen LogP contribution in [0.5, 0.6) is 0 Å². The van der Waals surface area contributed by atoms with Gasteiger partial charge in [0.25, 0.3) is 0 Å². The van der Waals surface area contributed by atoms with Crippen LogP contribution in [0.2, 0.25) is 0 Å². The molecule has 14 heavy (non-hydrogen) atoms. The van der Waals surface area contributed by atoms with Gasteiger partial charge in [-0.1, -0.05) is 41.5 Å². The van der Waals surface area contributed by atoms with Crippen LogP contribution in [0.3, 0.4) is 0 Å². The minimum atomic E-state index is -0.402. The fraction of sp³-hybridized carbons (Fsp3) is 0.818. The number of hydrogen-bond donors (Lipinski definition) is 0. The van der Waals surface area contributed by atoms with Crippen LogP contribution in [0.1, 0.15) is 48.0 Å². The van der Waals surface area contributed by atoms with Crippen LogP contribution in [-0.4, -0.2) is 41.1 Å². The fourth-order valence-corrected chi connectivity index (χ4v) is 0.676. The molecule has 0 saturated carbocycles. The molecule has 0 amide bonds. The van der Waals surface area contributed by atoms with Crippen molar-refractivity contribution in [3.05, 3.63) is 0 Å². The van der Waals surface area contributed by atoms with Gasteiger partial charge in [0.2, 0.25) is 0 Å². The third-order valence-corrected chi connectivity index (χ3v) is 1.99. The first-order valence-corrected chi connectivity index (χ1v) is 4.62. The molecule has 0 radical (unpaired) electrons. The van der Waals surface area contributed by atoms with Crippen LogP contribution in [0, 0.1) is 10.8 Å². The topological polar surface area (TPSA) is 34.1 Å². The van der Waals surface area contributed by atoms with Gasteiger partial charge in [0, 0.05) is 10.8 Å². The van der Waals surface area contributed by atoms with E-state index in [9.17, 15) is 9.59 Å². The van der Waals surface area contributed by atoms with E-state index in [4.69, 9.17) is 0 Å². The van der Waals surface area contributed by atoms with Gasteiger partial charge in [-0.2, -0.15) is 0 Å². The monoisotopic (exact) mass is 208 g/mol. The van der Waals surface area contributed by atoms with Crippen molar-refractivity contribution in [1.82, 2.24) is 0 Å². The molecular formula is C11H21NaO2. The molecule has 0 heterocycles. The van der Waals surface area contributed by atoms with Gasteiger partial charge < -0.3 is 0 Å². The molecular weight excluding hydrogens is 187 g/mol. The maximum absolute atomic E-state index is 11.5. The summed E-state index contributed by atoms with van der Waals surface area (Å²) in [5.41, 5.74) is -0.804. The number of rotatable bonds is 2. The number of hydrogen-bond acceptors (Lipinski definition) is 2. The van der Waals surface area contributed by atoms with Crippen molar-refractivity contribution in [2.24, 2.45) is 10.8 Å². The molecule has 0 aliphatic carbocycles. The summed E-state index contributed by atoms with van der Waals surface area (Å²) in [6.45, 7) is 11.0. The molecule has 0 spiro atoms. The number of Topliss-reactive ketones (excluding diaryl/α,β-unsaturated/α-hetero) is 2. The molecule has 0 aromatic carbocycles. The van der Waals surface area contributed by atoms with Crippen LogP contribution in [0.25, 0.3) is 0 Å². The quantitative estimate of drug-likeness (QED) is 0.513. The SMILES string of the molecule is CC(C)(C)C(=O)CC(=O)C(C)(C)C.[NaH]. The van der Waals surface area contributed by atoms with E-state index < -0.39 is 10.8 Å². The summed E-state index contributed by atoms with van der Waals surface area (Å²) in [5, 5.41) is 0. The van der Waals surface area contributed by atoms with Gasteiger partial charge in [0.1, 0.15) is 11.6 Å². The second kappa shape index (κ2) is 5.43. The Morgan fingerprint density at radius 2 is 1.00 bits per heavy atom. The van der Waals surface area contributed by atoms with Crippen molar-refractivity contribution in [1.29, 1.82) is 0 Å². The van der Waals surface area contributed by atoms with Crippen molar-refractivity contribution in [3.63, 3.8) is 0 Å². The summed E-state index contributed by atoms with van der Waals surface area (Å²) >= 11 is 0. The Bertz CT molecular complexity index is 194. The normalized spacial score (nSPS) is 11.9. The van der Waals surface area contributed by atoms with E-state index in [0.717, 1.165) is 0 Å². The third-order valence-electron chi connectivity index (χ3n) is 1.99. The van der Waals surface area contributed by atoms with Crippen molar-refractivity contribution in [2.75, 3.05) is 0 Å². The molecule has 0 fully saturated rings. The Morgan fingerprint density at radius 1 is 0.786 bits per heavy atom. The summed E-state index contributed by atoms with van der Waals surface area (Å²) in [6, 6.07) is 0. The Kier molecular flexibility index (Phi) is 6.50. The molecule has 0 saturated heterocycles. The first-order chi connectivity index (χ1) is 5.55. The summed E-state index contributed by atoms with van der Waals surface area (Å²) in [5.74, 6) is 0.0415. The van der Waals surface area contributed by atoms with Crippen molar-refractivity contribution >= 4 is 41.1 Å². The molecule has 0 aliphatic rings. The minimum absolute atomic E-state index is 0. The van der Waals surface area contributed by atoms with E-state index in [0.29, 0.717) is 0 Å². The van der Waals surface area contributed by atoms with Gasteiger partial charge in [-0.05, 0) is 0 Å². The van der Waals surface area contributed by atoms with E-state index in [1.54, 1.807) is 0 Å². The summed E-state index contributed by atoms with van der Waals surface area (Å²) in [6.07, 6.45) is 0.0625. The Balaban J connectivity index is 0. The predicted molar refractivity (Wildman–Crippen MR) is 60.7 cm³/mol. The molecule has 0 aromatic rings. The molecule has 3 heteroatoms. The van der Waals surface area contributed by atoms with Gasteiger partial charge in [-0.15, -0.1) is 0 Å². The van der Waals surface area contributed by atoms with E-state index in [2.05, 4.69) is 0 Å². The second-order valence-corrected chi connectivity index (χ2v) is 5.52. The molecule has 0 rings (SSSR count). The van der Waals surface area contributed by atoms with Crippen LogP contribution in [0.15, 0.2) is 0 Å². The zero-order chi connectivity index (χ0) is 10.9. The molecule has 0 aliphatic heterocycles. The van der Waals surface area contributed by atoms with Gasteiger partial charge in [-0.25, -0.2) is 0 Å². The Hall–Kier alpha value is 0.340. The summed E-state index contributed by atoms with van der Waals surface area (Å²) in [4.78, 5) is 23.0. The molecule has 0 aromatic heterocycles. The van der Waals surface area contributed by atoms with Crippen LogP contribution in [-0.2, 0) is 9.59 Å². The molecule has 0 atom stereocenters. The predicted octanol–water partition coefficient (Wildman–Crippen LogP) is 1.96. The Morgan fingerprint density at radius 3 is 1.14 bits per heavy atom. The van der Waals surface area contributed by atoms with E-state index >= 15 is 0 Å². The van der Waals surface area contributed by atoms with Gasteiger partial charge >= 0.3 is 29.6 Å². The summed E-state index contributed by atoms with van der Waals surface area (Å²) in [7, 11) is 0. The molecule has 0 unspecified atom stereocenters. The van der Waals surface area contributed by atoms with Gasteiger partial charge in [0.15, 0.2) is 0 Å². The zero-order valence-corrected chi connectivity index (χ0v) is 9.52. The maximum atomic E-state index is 11.5. The second-order valence-electron chi connectivity index (χ2n) is 5.52. The van der Waals surface area contributed by atoms with E-state index in [1.165, 1.54) is 0 Å². The van der Waals surface area contributed by atoms with Crippen molar-refractivity contribution in [3.8, 4) is 0 Å². The standard InChI is InChI=1S/C11H20O2.Na.H/c1-10(2,3)8(12)7-9(13)11(4,5)6;;/h7H2,1-6H3;;.